The summed E-state index contributed by atoms with van der Waals surface area (Å²) in [5.74, 6) is 0.298. The van der Waals surface area contributed by atoms with E-state index in [4.69, 9.17) is 0 Å². The van der Waals surface area contributed by atoms with E-state index in [9.17, 15) is 4.79 Å². The van der Waals surface area contributed by atoms with Gasteiger partial charge in [0.15, 0.2) is 0 Å². The van der Waals surface area contributed by atoms with Crippen LogP contribution in [-0.4, -0.2) is 29.6 Å². The van der Waals surface area contributed by atoms with E-state index in [-0.39, 0.29) is 6.04 Å². The Hall–Kier alpha value is -1.35. The van der Waals surface area contributed by atoms with Crippen LogP contribution >= 0.6 is 0 Å². The molecule has 19 heavy (non-hydrogen) atoms. The molecule has 1 amide bonds. The van der Waals surface area contributed by atoms with Crippen LogP contribution in [0.4, 0.5) is 0 Å². The summed E-state index contributed by atoms with van der Waals surface area (Å²) in [5, 5.41) is 3.36. The minimum absolute atomic E-state index is 0.0107. The van der Waals surface area contributed by atoms with Gasteiger partial charge < -0.3 is 4.90 Å². The van der Waals surface area contributed by atoms with Crippen molar-refractivity contribution in [3.63, 3.8) is 0 Å². The molecular formula is C16H22N2O. The maximum atomic E-state index is 12.4. The molecule has 0 bridgehead atoms. The van der Waals surface area contributed by atoms with Gasteiger partial charge in [-0.1, -0.05) is 44.2 Å². The van der Waals surface area contributed by atoms with Gasteiger partial charge in [-0.05, 0) is 30.2 Å². The Morgan fingerprint density at radius 1 is 1.32 bits per heavy atom. The molecule has 0 radical (unpaired) electrons. The number of hydrogen-bond donors (Lipinski definition) is 1. The molecular weight excluding hydrogens is 236 g/mol. The van der Waals surface area contributed by atoms with E-state index >= 15 is 0 Å². The normalized spacial score (nSPS) is 28.7. The molecule has 1 aliphatic carbocycles. The summed E-state index contributed by atoms with van der Waals surface area (Å²) in [6.07, 6.45) is 3.00. The largest absolute Gasteiger partial charge is 0.325 e. The van der Waals surface area contributed by atoms with Crippen LogP contribution < -0.4 is 5.32 Å². The molecule has 2 atom stereocenters. The fraction of sp³-hybridized carbons (Fsp3) is 0.562. The number of aryl methyl sites for hydroxylation is 1. The quantitative estimate of drug-likeness (QED) is 0.897. The lowest BCUT2D eigenvalue weighted by Crippen LogP contribution is -2.33. The molecule has 1 N–H and O–H groups in total. The first-order chi connectivity index (χ1) is 9.08. The van der Waals surface area contributed by atoms with Crippen LogP contribution in [0.2, 0.25) is 0 Å². The van der Waals surface area contributed by atoms with Gasteiger partial charge >= 0.3 is 0 Å². The Bertz CT molecular complexity index is 469. The summed E-state index contributed by atoms with van der Waals surface area (Å²) < 4.78 is 0. The smallest absolute Gasteiger partial charge is 0.241 e. The maximum Gasteiger partial charge on any atom is 0.241 e. The van der Waals surface area contributed by atoms with E-state index in [2.05, 4.69) is 43.4 Å². The van der Waals surface area contributed by atoms with Crippen molar-refractivity contribution < 1.29 is 4.79 Å². The van der Waals surface area contributed by atoms with Crippen molar-refractivity contribution in [1.82, 2.24) is 10.2 Å². The van der Waals surface area contributed by atoms with Gasteiger partial charge in [0.05, 0.1) is 12.7 Å². The zero-order valence-electron chi connectivity index (χ0n) is 11.7. The molecule has 1 saturated carbocycles. The van der Waals surface area contributed by atoms with Crippen molar-refractivity contribution in [2.45, 2.75) is 45.2 Å². The first-order valence-electron chi connectivity index (χ1n) is 7.16. The van der Waals surface area contributed by atoms with Crippen LogP contribution in [0.25, 0.3) is 0 Å². The van der Waals surface area contributed by atoms with Crippen LogP contribution in [0, 0.1) is 5.41 Å². The minimum Gasteiger partial charge on any atom is -0.325 e. The molecule has 1 aliphatic heterocycles. The number of hydrogen-bond acceptors (Lipinski definition) is 2. The van der Waals surface area contributed by atoms with Gasteiger partial charge in [0.25, 0.3) is 0 Å². The number of nitrogens with one attached hydrogen (secondary N) is 1. The second kappa shape index (κ2) is 4.64. The summed E-state index contributed by atoms with van der Waals surface area (Å²) in [5.41, 5.74) is 1.63. The van der Waals surface area contributed by atoms with Crippen LogP contribution in [-0.2, 0) is 11.2 Å². The highest BCUT2D eigenvalue weighted by atomic mass is 16.2. The second-order valence-corrected chi connectivity index (χ2v) is 6.46. The average Bonchev–Trinajstić information content (AvgIpc) is 2.87. The highest BCUT2D eigenvalue weighted by Crippen LogP contribution is 2.49. The third-order valence-corrected chi connectivity index (χ3v) is 4.49. The number of carbonyl (C=O) groups is 1. The molecule has 0 aromatic heterocycles. The molecule has 102 valence electrons. The van der Waals surface area contributed by atoms with Crippen LogP contribution in [0.15, 0.2) is 30.3 Å². The monoisotopic (exact) mass is 258 g/mol. The van der Waals surface area contributed by atoms with E-state index < -0.39 is 0 Å². The molecule has 1 aromatic rings. The molecule has 1 heterocycles. The maximum absolute atomic E-state index is 12.4. The van der Waals surface area contributed by atoms with Crippen molar-refractivity contribution >= 4 is 5.91 Å². The number of rotatable bonds is 4. The standard InChI is InChI=1S/C16H22N2O/c1-16(2)10-14(16)18-11-17-13(15(18)19)9-8-12-6-4-3-5-7-12/h3-7,13-14,17H,8-11H2,1-2H3. The predicted octanol–water partition coefficient (Wildman–Crippen LogP) is 2.18. The Labute approximate surface area is 115 Å². The zero-order valence-corrected chi connectivity index (χ0v) is 11.7. The van der Waals surface area contributed by atoms with E-state index in [1.807, 2.05) is 11.0 Å². The van der Waals surface area contributed by atoms with Crippen molar-refractivity contribution in [2.24, 2.45) is 5.41 Å². The topological polar surface area (TPSA) is 32.3 Å². The van der Waals surface area contributed by atoms with Gasteiger partial charge in [0, 0.05) is 6.04 Å². The fourth-order valence-corrected chi connectivity index (χ4v) is 2.99. The minimum atomic E-state index is 0.0107. The number of benzene rings is 1. The first-order valence-corrected chi connectivity index (χ1v) is 7.16. The average molecular weight is 258 g/mol. The van der Waals surface area contributed by atoms with Gasteiger partial charge in [-0.15, -0.1) is 0 Å². The number of carbonyl (C=O) groups excluding carboxylic acids is 1. The third kappa shape index (κ3) is 2.52. The van der Waals surface area contributed by atoms with Crippen molar-refractivity contribution in [2.75, 3.05) is 6.67 Å². The second-order valence-electron chi connectivity index (χ2n) is 6.46. The summed E-state index contributed by atoms with van der Waals surface area (Å²) in [4.78, 5) is 14.4. The van der Waals surface area contributed by atoms with Gasteiger partial charge in [-0.3, -0.25) is 10.1 Å². The predicted molar refractivity (Wildman–Crippen MR) is 75.6 cm³/mol. The molecule has 1 saturated heterocycles. The molecule has 1 aromatic carbocycles. The Morgan fingerprint density at radius 3 is 2.63 bits per heavy atom. The zero-order chi connectivity index (χ0) is 13.5. The Balaban J connectivity index is 1.55. The molecule has 3 heteroatoms. The van der Waals surface area contributed by atoms with Crippen molar-refractivity contribution in [1.29, 1.82) is 0 Å². The number of amides is 1. The van der Waals surface area contributed by atoms with E-state index in [1.165, 1.54) is 5.56 Å². The fourth-order valence-electron chi connectivity index (χ4n) is 2.99. The van der Waals surface area contributed by atoms with Crippen molar-refractivity contribution in [3.8, 4) is 0 Å². The highest BCUT2D eigenvalue weighted by Gasteiger charge is 2.53. The van der Waals surface area contributed by atoms with Gasteiger partial charge in [-0.25, -0.2) is 0 Å². The molecule has 2 fully saturated rings. The van der Waals surface area contributed by atoms with Gasteiger partial charge in [0.1, 0.15) is 0 Å². The summed E-state index contributed by atoms with van der Waals surface area (Å²) in [6.45, 7) is 5.21. The molecule has 3 rings (SSSR count). The van der Waals surface area contributed by atoms with Crippen molar-refractivity contribution in [3.05, 3.63) is 35.9 Å². The SMILES string of the molecule is CC1(C)CC1N1CNC(CCc2ccccc2)C1=O. The molecule has 3 nitrogen and oxygen atoms in total. The summed E-state index contributed by atoms with van der Waals surface area (Å²) in [6, 6.07) is 10.9. The summed E-state index contributed by atoms with van der Waals surface area (Å²) >= 11 is 0. The van der Waals surface area contributed by atoms with Gasteiger partial charge in [-0.2, -0.15) is 0 Å². The van der Waals surface area contributed by atoms with Crippen LogP contribution in [0.1, 0.15) is 32.3 Å². The number of nitrogens with zero attached hydrogens (tertiary/aromatic N) is 1. The highest BCUT2D eigenvalue weighted by molar-refractivity contribution is 5.84. The molecule has 2 aliphatic rings. The van der Waals surface area contributed by atoms with E-state index in [0.717, 1.165) is 25.9 Å². The Kier molecular flexibility index (Phi) is 3.09. The molecule has 0 spiro atoms. The van der Waals surface area contributed by atoms with Gasteiger partial charge in [0.2, 0.25) is 5.91 Å². The summed E-state index contributed by atoms with van der Waals surface area (Å²) in [7, 11) is 0. The lowest BCUT2D eigenvalue weighted by atomic mass is 10.1. The van der Waals surface area contributed by atoms with Crippen LogP contribution in [0.5, 0.6) is 0 Å². The lowest BCUT2D eigenvalue weighted by Gasteiger charge is -2.17. The van der Waals surface area contributed by atoms with E-state index in [0.29, 0.717) is 17.4 Å². The lowest BCUT2D eigenvalue weighted by molar-refractivity contribution is -0.129. The van der Waals surface area contributed by atoms with Crippen LogP contribution in [0.3, 0.4) is 0 Å². The van der Waals surface area contributed by atoms with E-state index in [1.54, 1.807) is 0 Å². The first kappa shape index (κ1) is 12.7. The third-order valence-electron chi connectivity index (χ3n) is 4.49. The Morgan fingerprint density at radius 2 is 2.00 bits per heavy atom. The molecule has 2 unspecified atom stereocenters.